The number of ketones is 1. The van der Waals surface area contributed by atoms with Crippen molar-refractivity contribution in [2.24, 2.45) is 0 Å². The van der Waals surface area contributed by atoms with E-state index in [-0.39, 0.29) is 31.7 Å². The number of Topliss-reactive ketones (excluding diaryl/α,β-unsaturated/α-hetero) is 1. The molecule has 0 aromatic carbocycles. The van der Waals surface area contributed by atoms with Crippen molar-refractivity contribution in [3.63, 3.8) is 0 Å². The fraction of sp³-hybridized carbons (Fsp3) is 0.500. The smallest absolute Gasteiger partial charge is 0.324 e. The Hall–Kier alpha value is -1.95. The van der Waals surface area contributed by atoms with Gasteiger partial charge in [-0.1, -0.05) is 6.07 Å². The molecule has 1 aromatic heterocycles. The van der Waals surface area contributed by atoms with Crippen LogP contribution in [0.15, 0.2) is 24.4 Å². The molecule has 0 spiro atoms. The molecule has 2 heterocycles. The maximum atomic E-state index is 12.5. The van der Waals surface area contributed by atoms with E-state index in [1.54, 1.807) is 39.2 Å². The average molecular weight is 277 g/mol. The Morgan fingerprint density at radius 3 is 2.80 bits per heavy atom. The van der Waals surface area contributed by atoms with Crippen molar-refractivity contribution in [2.75, 3.05) is 20.5 Å². The van der Waals surface area contributed by atoms with Gasteiger partial charge in [0.1, 0.15) is 19.0 Å². The lowest BCUT2D eigenvalue weighted by atomic mass is 9.93. The van der Waals surface area contributed by atoms with Crippen molar-refractivity contribution in [3.05, 3.63) is 30.1 Å². The summed E-state index contributed by atoms with van der Waals surface area (Å²) in [7, 11) is 1.65. The second kappa shape index (κ2) is 5.58. The summed E-state index contributed by atoms with van der Waals surface area (Å²) in [5, 5.41) is 0. The van der Waals surface area contributed by atoms with E-state index in [0.717, 1.165) is 0 Å². The molecule has 1 saturated heterocycles. The van der Waals surface area contributed by atoms with Crippen molar-refractivity contribution in [1.82, 2.24) is 14.8 Å². The van der Waals surface area contributed by atoms with Crippen LogP contribution in [-0.4, -0.2) is 52.6 Å². The Bertz CT molecular complexity index is 502. The molecule has 108 valence electrons. The summed E-state index contributed by atoms with van der Waals surface area (Å²) >= 11 is 0. The minimum absolute atomic E-state index is 0.0662. The van der Waals surface area contributed by atoms with Gasteiger partial charge in [-0.2, -0.15) is 0 Å². The van der Waals surface area contributed by atoms with E-state index in [9.17, 15) is 9.59 Å². The molecule has 1 aromatic rings. The molecule has 2 amide bonds. The molecule has 6 heteroatoms. The first kappa shape index (κ1) is 14.5. The molecule has 0 saturated carbocycles. The van der Waals surface area contributed by atoms with Crippen LogP contribution in [0.2, 0.25) is 0 Å². The summed E-state index contributed by atoms with van der Waals surface area (Å²) in [6.07, 6.45) is 1.85. The predicted octanol–water partition coefficient (Wildman–Crippen LogP) is 1.27. The first-order valence-corrected chi connectivity index (χ1v) is 6.46. The number of urea groups is 1. The molecule has 0 unspecified atom stereocenters. The van der Waals surface area contributed by atoms with Gasteiger partial charge < -0.3 is 9.64 Å². The fourth-order valence-electron chi connectivity index (χ4n) is 2.02. The number of nitrogens with zero attached hydrogens (tertiary/aromatic N) is 3. The number of ether oxygens (including phenoxy) is 1. The lowest BCUT2D eigenvalue weighted by molar-refractivity contribution is -0.135. The molecule has 1 aliphatic heterocycles. The van der Waals surface area contributed by atoms with Crippen LogP contribution in [0.25, 0.3) is 0 Å². The third-order valence-corrected chi connectivity index (χ3v) is 3.49. The van der Waals surface area contributed by atoms with E-state index in [2.05, 4.69) is 4.98 Å². The zero-order valence-electron chi connectivity index (χ0n) is 12.0. The third-order valence-electron chi connectivity index (χ3n) is 3.49. The minimum atomic E-state index is -0.927. The van der Waals surface area contributed by atoms with Crippen molar-refractivity contribution < 1.29 is 14.3 Å². The maximum absolute atomic E-state index is 12.5. The lowest BCUT2D eigenvalue weighted by Crippen LogP contribution is -2.60. The number of pyridine rings is 1. The van der Waals surface area contributed by atoms with Crippen LogP contribution < -0.4 is 0 Å². The molecule has 0 radical (unpaired) electrons. The van der Waals surface area contributed by atoms with Gasteiger partial charge in [0.15, 0.2) is 5.78 Å². The number of carbonyl (C=O) groups excluding carboxylic acids is 2. The van der Waals surface area contributed by atoms with Gasteiger partial charge in [-0.25, -0.2) is 4.79 Å². The standard InChI is InChI=1S/C14H19N3O3/c1-14(2,17-10-20-9-16(3)13(17)19)12(18)8-11-6-4-5-7-15-11/h4-7H,8-10H2,1-3H3. The number of rotatable bonds is 4. The molecule has 0 aliphatic carbocycles. The second-order valence-corrected chi connectivity index (χ2v) is 5.35. The Morgan fingerprint density at radius 2 is 2.15 bits per heavy atom. The highest BCUT2D eigenvalue weighted by atomic mass is 16.5. The monoisotopic (exact) mass is 277 g/mol. The van der Waals surface area contributed by atoms with Crippen LogP contribution in [0.4, 0.5) is 4.79 Å². The topological polar surface area (TPSA) is 62.7 Å². The van der Waals surface area contributed by atoms with Crippen molar-refractivity contribution in [3.8, 4) is 0 Å². The number of hydrogen-bond acceptors (Lipinski definition) is 4. The third kappa shape index (κ3) is 2.80. The van der Waals surface area contributed by atoms with Gasteiger partial charge >= 0.3 is 6.03 Å². The fourth-order valence-corrected chi connectivity index (χ4v) is 2.02. The first-order chi connectivity index (χ1) is 9.43. The van der Waals surface area contributed by atoms with Crippen molar-refractivity contribution >= 4 is 11.8 Å². The summed E-state index contributed by atoms with van der Waals surface area (Å²) in [6.45, 7) is 3.85. The van der Waals surface area contributed by atoms with Crippen LogP contribution in [0.1, 0.15) is 19.5 Å². The molecule has 0 bridgehead atoms. The Labute approximate surface area is 118 Å². The number of carbonyl (C=O) groups is 2. The van der Waals surface area contributed by atoms with Gasteiger partial charge in [-0.3, -0.25) is 14.7 Å². The quantitative estimate of drug-likeness (QED) is 0.831. The van der Waals surface area contributed by atoms with Gasteiger partial charge in [0, 0.05) is 18.9 Å². The molecular weight excluding hydrogens is 258 g/mol. The van der Waals surface area contributed by atoms with Crippen LogP contribution in [0.3, 0.4) is 0 Å². The summed E-state index contributed by atoms with van der Waals surface area (Å²) < 4.78 is 5.31. The van der Waals surface area contributed by atoms with E-state index < -0.39 is 5.54 Å². The highest BCUT2D eigenvalue weighted by Gasteiger charge is 2.40. The zero-order chi connectivity index (χ0) is 14.8. The molecule has 0 atom stereocenters. The van der Waals surface area contributed by atoms with E-state index in [4.69, 9.17) is 4.74 Å². The van der Waals surface area contributed by atoms with E-state index in [0.29, 0.717) is 5.69 Å². The van der Waals surface area contributed by atoms with Crippen LogP contribution in [-0.2, 0) is 16.0 Å². The van der Waals surface area contributed by atoms with Gasteiger partial charge in [0.05, 0.1) is 6.42 Å². The minimum Gasteiger partial charge on any atom is -0.340 e. The normalized spacial score (nSPS) is 16.4. The van der Waals surface area contributed by atoms with Gasteiger partial charge in [0.2, 0.25) is 0 Å². The average Bonchev–Trinajstić information content (AvgIpc) is 2.42. The van der Waals surface area contributed by atoms with E-state index >= 15 is 0 Å². The highest BCUT2D eigenvalue weighted by Crippen LogP contribution is 2.21. The molecule has 2 rings (SSSR count). The van der Waals surface area contributed by atoms with Gasteiger partial charge in [-0.05, 0) is 26.0 Å². The van der Waals surface area contributed by atoms with Crippen molar-refractivity contribution in [1.29, 1.82) is 0 Å². The van der Waals surface area contributed by atoms with Crippen molar-refractivity contribution in [2.45, 2.75) is 25.8 Å². The van der Waals surface area contributed by atoms with E-state index in [1.165, 1.54) is 9.80 Å². The zero-order valence-corrected chi connectivity index (χ0v) is 12.0. The molecule has 6 nitrogen and oxygen atoms in total. The highest BCUT2D eigenvalue weighted by molar-refractivity contribution is 5.93. The van der Waals surface area contributed by atoms with Crippen LogP contribution in [0, 0.1) is 0 Å². The van der Waals surface area contributed by atoms with Crippen LogP contribution >= 0.6 is 0 Å². The molecule has 0 N–H and O–H groups in total. The Morgan fingerprint density at radius 1 is 1.40 bits per heavy atom. The van der Waals surface area contributed by atoms with Crippen LogP contribution in [0.5, 0.6) is 0 Å². The molecule has 20 heavy (non-hydrogen) atoms. The molecular formula is C14H19N3O3. The first-order valence-electron chi connectivity index (χ1n) is 6.46. The maximum Gasteiger partial charge on any atom is 0.324 e. The van der Waals surface area contributed by atoms with E-state index in [1.807, 2.05) is 6.07 Å². The SMILES string of the molecule is CN1COCN(C(C)(C)C(=O)Cc2ccccn2)C1=O. The Kier molecular flexibility index (Phi) is 4.04. The molecule has 1 fully saturated rings. The number of hydrogen-bond donors (Lipinski definition) is 0. The summed E-state index contributed by atoms with van der Waals surface area (Å²) in [4.78, 5) is 31.6. The number of amides is 2. The van der Waals surface area contributed by atoms with Gasteiger partial charge in [0.25, 0.3) is 0 Å². The Balaban J connectivity index is 2.12. The lowest BCUT2D eigenvalue weighted by Gasteiger charge is -2.42. The summed E-state index contributed by atoms with van der Waals surface area (Å²) in [6, 6.07) is 5.24. The number of aromatic nitrogens is 1. The predicted molar refractivity (Wildman–Crippen MR) is 72.8 cm³/mol. The summed E-state index contributed by atoms with van der Waals surface area (Å²) in [5.74, 6) is -0.0662. The second-order valence-electron chi connectivity index (χ2n) is 5.35. The summed E-state index contributed by atoms with van der Waals surface area (Å²) in [5.41, 5.74) is -0.229. The molecule has 1 aliphatic rings. The largest absolute Gasteiger partial charge is 0.340 e. The van der Waals surface area contributed by atoms with Gasteiger partial charge in [-0.15, -0.1) is 0 Å².